The molecule has 0 saturated carbocycles. The molecule has 3 nitrogen and oxygen atoms in total. The van der Waals surface area contributed by atoms with Crippen molar-refractivity contribution in [1.82, 2.24) is 0 Å². The third-order valence-corrected chi connectivity index (χ3v) is 7.44. The van der Waals surface area contributed by atoms with Crippen molar-refractivity contribution >= 4 is 60.8 Å². The Morgan fingerprint density at radius 1 is 0.647 bits per heavy atom. The minimum atomic E-state index is -0.216. The molecule has 0 radical (unpaired) electrons. The number of hydrogen-bond acceptors (Lipinski definition) is 4. The van der Waals surface area contributed by atoms with Gasteiger partial charge in [-0.15, -0.1) is 11.3 Å². The highest BCUT2D eigenvalue weighted by Crippen LogP contribution is 2.38. The Balaban J connectivity index is 1.28. The van der Waals surface area contributed by atoms with Crippen molar-refractivity contribution in [2.24, 2.45) is 0 Å². The number of ketones is 2. The number of rotatable bonds is 2. The number of carbonyl (C=O) groups excluding carboxylic acids is 2. The van der Waals surface area contributed by atoms with Crippen LogP contribution in [0.4, 0.5) is 0 Å². The fraction of sp³-hybridized carbons (Fsp3) is 0. The molecule has 2 aromatic heterocycles. The van der Waals surface area contributed by atoms with E-state index < -0.39 is 0 Å². The third-order valence-electron chi connectivity index (χ3n) is 6.43. The minimum Gasteiger partial charge on any atom is -0.455 e. The Morgan fingerprint density at radius 3 is 2.00 bits per heavy atom. The van der Waals surface area contributed by atoms with E-state index in [1.54, 1.807) is 6.08 Å². The van der Waals surface area contributed by atoms with Gasteiger partial charge in [-0.05, 0) is 45.8 Å². The van der Waals surface area contributed by atoms with Crippen LogP contribution in [0.3, 0.4) is 0 Å². The van der Waals surface area contributed by atoms with Crippen LogP contribution in [0.15, 0.2) is 101 Å². The summed E-state index contributed by atoms with van der Waals surface area (Å²) in [5.41, 5.74) is 2.97. The lowest BCUT2D eigenvalue weighted by atomic mass is 10.0. The van der Waals surface area contributed by atoms with Crippen molar-refractivity contribution in [3.8, 4) is 11.3 Å². The summed E-state index contributed by atoms with van der Waals surface area (Å²) in [4.78, 5) is 27.0. The van der Waals surface area contributed by atoms with Gasteiger partial charge in [0.1, 0.15) is 11.3 Å². The van der Waals surface area contributed by atoms with E-state index in [1.165, 1.54) is 11.3 Å². The lowest BCUT2D eigenvalue weighted by Gasteiger charge is -2.03. The molecule has 0 N–H and O–H groups in total. The van der Waals surface area contributed by atoms with Crippen LogP contribution < -0.4 is 0 Å². The lowest BCUT2D eigenvalue weighted by Crippen LogP contribution is -1.99. The molecule has 0 saturated heterocycles. The molecule has 4 aromatic carbocycles. The van der Waals surface area contributed by atoms with Crippen LogP contribution in [0.5, 0.6) is 0 Å². The molecule has 0 spiro atoms. The van der Waals surface area contributed by atoms with Gasteiger partial charge in [-0.3, -0.25) is 9.59 Å². The molecule has 2 heterocycles. The molecule has 160 valence electrons. The molecule has 7 rings (SSSR count). The third kappa shape index (κ3) is 2.82. The average molecular weight is 457 g/mol. The van der Waals surface area contributed by atoms with Crippen LogP contribution in [-0.2, 0) is 0 Å². The molecule has 0 atom stereocenters. The molecule has 0 fully saturated rings. The second-order valence-electron chi connectivity index (χ2n) is 8.48. The van der Waals surface area contributed by atoms with Crippen LogP contribution in [0, 0.1) is 0 Å². The second-order valence-corrected chi connectivity index (χ2v) is 9.59. The maximum absolute atomic E-state index is 13.1. The highest BCUT2D eigenvalue weighted by Gasteiger charge is 2.33. The average Bonchev–Trinajstić information content (AvgIpc) is 3.50. The van der Waals surface area contributed by atoms with Gasteiger partial charge in [-0.1, -0.05) is 66.7 Å². The van der Waals surface area contributed by atoms with Crippen molar-refractivity contribution in [1.29, 1.82) is 0 Å². The highest BCUT2D eigenvalue weighted by atomic mass is 32.1. The summed E-state index contributed by atoms with van der Waals surface area (Å²) < 4.78 is 7.17. The normalized spacial score (nSPS) is 13.4. The smallest absolute Gasteiger partial charge is 0.197 e. The lowest BCUT2D eigenvalue weighted by molar-refractivity contribution is 0.0990. The highest BCUT2D eigenvalue weighted by molar-refractivity contribution is 7.19. The number of allylic oxidation sites excluding steroid dienone is 1. The monoisotopic (exact) mass is 456 g/mol. The van der Waals surface area contributed by atoms with E-state index in [9.17, 15) is 9.59 Å². The van der Waals surface area contributed by atoms with Crippen molar-refractivity contribution in [3.63, 3.8) is 0 Å². The van der Waals surface area contributed by atoms with E-state index in [1.807, 2.05) is 66.7 Å². The molecule has 1 aliphatic carbocycles. The summed E-state index contributed by atoms with van der Waals surface area (Å²) in [6, 6.07) is 29.8. The molecule has 0 bridgehead atoms. The van der Waals surface area contributed by atoms with Gasteiger partial charge in [0.2, 0.25) is 0 Å². The van der Waals surface area contributed by atoms with E-state index in [-0.39, 0.29) is 17.1 Å². The SMILES string of the molecule is O=C1C(=Cc2cc3oc(-c4cccc5ccccc45)cc3s2)C(=O)c2cc3ccccc3cc21. The van der Waals surface area contributed by atoms with E-state index >= 15 is 0 Å². The number of thiophene rings is 1. The van der Waals surface area contributed by atoms with Crippen LogP contribution in [0.2, 0.25) is 0 Å². The van der Waals surface area contributed by atoms with Gasteiger partial charge in [0.05, 0.1) is 10.3 Å². The van der Waals surface area contributed by atoms with E-state index in [4.69, 9.17) is 4.42 Å². The maximum atomic E-state index is 13.1. The molecule has 34 heavy (non-hydrogen) atoms. The van der Waals surface area contributed by atoms with Gasteiger partial charge in [-0.2, -0.15) is 0 Å². The van der Waals surface area contributed by atoms with Crippen molar-refractivity contribution < 1.29 is 14.0 Å². The molecular weight excluding hydrogens is 440 g/mol. The first-order valence-electron chi connectivity index (χ1n) is 11.0. The zero-order chi connectivity index (χ0) is 22.8. The van der Waals surface area contributed by atoms with E-state index in [2.05, 4.69) is 24.3 Å². The molecule has 0 amide bonds. The fourth-order valence-electron chi connectivity index (χ4n) is 4.78. The van der Waals surface area contributed by atoms with E-state index in [0.717, 1.165) is 48.0 Å². The Labute approximate surface area is 198 Å². The summed E-state index contributed by atoms with van der Waals surface area (Å²) in [5.74, 6) is 0.379. The number of carbonyl (C=O) groups is 2. The first kappa shape index (κ1) is 19.2. The van der Waals surface area contributed by atoms with Crippen LogP contribution in [-0.4, -0.2) is 11.6 Å². The Kier molecular flexibility index (Phi) is 4.02. The van der Waals surface area contributed by atoms with Crippen molar-refractivity contribution in [2.75, 3.05) is 0 Å². The molecule has 6 aromatic rings. The fourth-order valence-corrected chi connectivity index (χ4v) is 5.75. The maximum Gasteiger partial charge on any atom is 0.197 e. The summed E-state index contributed by atoms with van der Waals surface area (Å²) in [6.07, 6.45) is 1.70. The molecule has 0 aliphatic heterocycles. The Bertz CT molecular complexity index is 1750. The minimum absolute atomic E-state index is 0.212. The quantitative estimate of drug-likeness (QED) is 0.196. The van der Waals surface area contributed by atoms with Crippen molar-refractivity contribution in [2.45, 2.75) is 0 Å². The van der Waals surface area contributed by atoms with Gasteiger partial charge in [0.25, 0.3) is 0 Å². The molecule has 0 unspecified atom stereocenters. The van der Waals surface area contributed by atoms with Gasteiger partial charge >= 0.3 is 0 Å². The summed E-state index contributed by atoms with van der Waals surface area (Å²) in [6.45, 7) is 0. The summed E-state index contributed by atoms with van der Waals surface area (Å²) >= 11 is 1.52. The molecule has 1 aliphatic rings. The predicted molar refractivity (Wildman–Crippen MR) is 138 cm³/mol. The Hall–Kier alpha value is -4.28. The van der Waals surface area contributed by atoms with Gasteiger partial charge in [0, 0.05) is 27.6 Å². The van der Waals surface area contributed by atoms with Crippen LogP contribution >= 0.6 is 11.3 Å². The largest absolute Gasteiger partial charge is 0.455 e. The number of hydrogen-bond donors (Lipinski definition) is 0. The summed E-state index contributed by atoms with van der Waals surface area (Å²) in [7, 11) is 0. The van der Waals surface area contributed by atoms with Crippen LogP contribution in [0.25, 0.3) is 49.2 Å². The number of fused-ring (bicyclic) bond motifs is 4. The van der Waals surface area contributed by atoms with Gasteiger partial charge < -0.3 is 4.42 Å². The van der Waals surface area contributed by atoms with Crippen LogP contribution in [0.1, 0.15) is 25.6 Å². The summed E-state index contributed by atoms with van der Waals surface area (Å²) in [5, 5.41) is 4.22. The topological polar surface area (TPSA) is 47.3 Å². The zero-order valence-electron chi connectivity index (χ0n) is 17.9. The zero-order valence-corrected chi connectivity index (χ0v) is 18.7. The molecule has 4 heteroatoms. The number of benzene rings is 4. The van der Waals surface area contributed by atoms with Crippen molar-refractivity contribution in [3.05, 3.63) is 113 Å². The Morgan fingerprint density at radius 2 is 1.29 bits per heavy atom. The first-order chi connectivity index (χ1) is 16.7. The second kappa shape index (κ2) is 7.11. The number of Topliss-reactive ketones (excluding diaryl/α,β-unsaturated/α-hetero) is 2. The standard InChI is InChI=1S/C30H16O3S/c31-29-23-12-18-7-1-2-8-19(18)13-24(23)30(32)25(29)14-20-15-27-28(34-20)16-26(33-27)22-11-5-9-17-6-3-4-10-21(17)22/h1-16H. The number of furan rings is 1. The predicted octanol–water partition coefficient (Wildman–Crippen LogP) is 7.93. The molecular formula is C30H16O3S. The van der Waals surface area contributed by atoms with Gasteiger partial charge in [0.15, 0.2) is 11.6 Å². The van der Waals surface area contributed by atoms with E-state index in [0.29, 0.717) is 11.1 Å². The van der Waals surface area contributed by atoms with Gasteiger partial charge in [-0.25, -0.2) is 0 Å². The first-order valence-corrected chi connectivity index (χ1v) is 11.8.